The van der Waals surface area contributed by atoms with Crippen molar-refractivity contribution in [3.8, 4) is 0 Å². The van der Waals surface area contributed by atoms with Crippen LogP contribution in [0.1, 0.15) is 56.9 Å². The topological polar surface area (TPSA) is 55.8 Å². The van der Waals surface area contributed by atoms with Crippen LogP contribution in [0.2, 0.25) is 0 Å². The van der Waals surface area contributed by atoms with E-state index in [1.54, 1.807) is 0 Å². The van der Waals surface area contributed by atoms with Crippen molar-refractivity contribution < 1.29 is 9.90 Å². The Balaban J connectivity index is 1.42. The molecule has 0 aromatic heterocycles. The van der Waals surface area contributed by atoms with Gasteiger partial charge in [-0.15, -0.1) is 0 Å². The predicted molar refractivity (Wildman–Crippen MR) is 107 cm³/mol. The van der Waals surface area contributed by atoms with E-state index in [0.29, 0.717) is 19.5 Å². The van der Waals surface area contributed by atoms with Crippen molar-refractivity contribution in [1.29, 1.82) is 0 Å². The van der Waals surface area contributed by atoms with Gasteiger partial charge in [-0.3, -0.25) is 0 Å². The average molecular weight is 372 g/mol. The van der Waals surface area contributed by atoms with Gasteiger partial charge in [0.15, 0.2) is 0 Å². The minimum Gasteiger partial charge on any atom is -0.383 e. The van der Waals surface area contributed by atoms with E-state index in [2.05, 4.69) is 10.2 Å². The first-order valence-corrected chi connectivity index (χ1v) is 10.7. The predicted octanol–water partition coefficient (Wildman–Crippen LogP) is 3.09. The van der Waals surface area contributed by atoms with Crippen molar-refractivity contribution >= 4 is 6.03 Å². The van der Waals surface area contributed by atoms with Crippen molar-refractivity contribution in [2.24, 2.45) is 0 Å². The average Bonchev–Trinajstić information content (AvgIpc) is 3.33. The number of amides is 2. The van der Waals surface area contributed by atoms with Crippen LogP contribution in [0, 0.1) is 0 Å². The van der Waals surface area contributed by atoms with Crippen LogP contribution in [0.3, 0.4) is 0 Å². The zero-order valence-corrected chi connectivity index (χ0v) is 16.3. The molecule has 1 aromatic rings. The van der Waals surface area contributed by atoms with Crippen LogP contribution in [0.15, 0.2) is 30.3 Å². The molecule has 1 saturated carbocycles. The first-order valence-electron chi connectivity index (χ1n) is 10.7. The van der Waals surface area contributed by atoms with Crippen molar-refractivity contribution in [2.75, 3.05) is 32.7 Å². The van der Waals surface area contributed by atoms with E-state index in [1.165, 1.54) is 32.1 Å². The Morgan fingerprint density at radius 2 is 1.67 bits per heavy atom. The summed E-state index contributed by atoms with van der Waals surface area (Å²) in [6, 6.07) is 9.77. The molecule has 2 aliphatic heterocycles. The maximum absolute atomic E-state index is 13.1. The summed E-state index contributed by atoms with van der Waals surface area (Å²) in [5, 5.41) is 14.5. The molecule has 2 amide bonds. The molecule has 1 atom stereocenters. The summed E-state index contributed by atoms with van der Waals surface area (Å²) in [4.78, 5) is 17.4. The molecule has 0 unspecified atom stereocenters. The number of carbonyl (C=O) groups is 1. The van der Waals surface area contributed by atoms with Crippen LogP contribution >= 0.6 is 0 Å². The number of carbonyl (C=O) groups excluding carboxylic acids is 1. The molecule has 148 valence electrons. The summed E-state index contributed by atoms with van der Waals surface area (Å²) in [5.41, 5.74) is -0.106. The number of likely N-dealkylation sites (tertiary alicyclic amines) is 2. The van der Waals surface area contributed by atoms with E-state index in [0.717, 1.165) is 38.0 Å². The summed E-state index contributed by atoms with van der Waals surface area (Å²) >= 11 is 0. The molecule has 0 spiro atoms. The smallest absolute Gasteiger partial charge is 0.317 e. The molecule has 3 fully saturated rings. The van der Waals surface area contributed by atoms with E-state index in [9.17, 15) is 9.90 Å². The first kappa shape index (κ1) is 18.8. The van der Waals surface area contributed by atoms with E-state index >= 15 is 0 Å². The number of rotatable bonds is 4. The lowest BCUT2D eigenvalue weighted by Crippen LogP contribution is -2.59. The Morgan fingerprint density at radius 3 is 2.37 bits per heavy atom. The third kappa shape index (κ3) is 4.14. The Labute approximate surface area is 162 Å². The van der Waals surface area contributed by atoms with E-state index in [-0.39, 0.29) is 11.6 Å². The van der Waals surface area contributed by atoms with E-state index in [4.69, 9.17) is 0 Å². The third-order valence-electron chi connectivity index (χ3n) is 6.75. The van der Waals surface area contributed by atoms with Gasteiger partial charge in [-0.2, -0.15) is 0 Å². The molecule has 2 heterocycles. The molecule has 0 radical (unpaired) electrons. The second-order valence-electron chi connectivity index (χ2n) is 8.82. The number of nitrogens with zero attached hydrogens (tertiary/aromatic N) is 2. The van der Waals surface area contributed by atoms with Gasteiger partial charge in [0.25, 0.3) is 0 Å². The highest BCUT2D eigenvalue weighted by atomic mass is 16.3. The highest BCUT2D eigenvalue weighted by Crippen LogP contribution is 2.34. The Kier molecular flexibility index (Phi) is 5.42. The molecule has 27 heavy (non-hydrogen) atoms. The van der Waals surface area contributed by atoms with Crippen LogP contribution in [-0.2, 0) is 5.60 Å². The molecule has 1 aliphatic carbocycles. The zero-order valence-electron chi connectivity index (χ0n) is 16.3. The molecule has 1 aromatic carbocycles. The van der Waals surface area contributed by atoms with Crippen LogP contribution in [-0.4, -0.2) is 59.2 Å². The summed E-state index contributed by atoms with van der Waals surface area (Å²) < 4.78 is 0. The standard InChI is InChI=1S/C22H33N3O2/c26-20(25-16-13-22(27,18-25)19-9-3-1-4-10-19)23-21(11-5-2-6-12-21)17-24-14-7-8-15-24/h1,3-4,9-10,27H,2,5-8,11-18H2,(H,23,26)/t22-/m1/s1. The summed E-state index contributed by atoms with van der Waals surface area (Å²) in [5.74, 6) is 0. The molecule has 5 nitrogen and oxygen atoms in total. The normalized spacial score (nSPS) is 28.4. The van der Waals surface area contributed by atoms with Crippen LogP contribution in [0.4, 0.5) is 4.79 Å². The van der Waals surface area contributed by atoms with Crippen LogP contribution < -0.4 is 5.32 Å². The lowest BCUT2D eigenvalue weighted by Gasteiger charge is -2.41. The molecule has 5 heteroatoms. The lowest BCUT2D eigenvalue weighted by atomic mass is 9.81. The molecule has 3 aliphatic rings. The Hall–Kier alpha value is -1.59. The van der Waals surface area contributed by atoms with Crippen molar-refractivity contribution in [2.45, 2.75) is 62.5 Å². The maximum atomic E-state index is 13.1. The van der Waals surface area contributed by atoms with Gasteiger partial charge in [-0.1, -0.05) is 49.6 Å². The third-order valence-corrected chi connectivity index (χ3v) is 6.75. The zero-order chi connectivity index (χ0) is 18.7. The quantitative estimate of drug-likeness (QED) is 0.855. The van der Waals surface area contributed by atoms with Gasteiger partial charge < -0.3 is 20.2 Å². The van der Waals surface area contributed by atoms with Gasteiger partial charge in [-0.05, 0) is 50.8 Å². The fourth-order valence-corrected chi connectivity index (χ4v) is 5.18. The number of urea groups is 1. The Morgan fingerprint density at radius 1 is 0.963 bits per heavy atom. The number of hydrogen-bond acceptors (Lipinski definition) is 3. The molecular formula is C22H33N3O2. The number of benzene rings is 1. The largest absolute Gasteiger partial charge is 0.383 e. The maximum Gasteiger partial charge on any atom is 0.317 e. The monoisotopic (exact) mass is 371 g/mol. The van der Waals surface area contributed by atoms with Crippen LogP contribution in [0.5, 0.6) is 0 Å². The molecule has 4 rings (SSSR count). The second kappa shape index (κ2) is 7.80. The highest BCUT2D eigenvalue weighted by molar-refractivity contribution is 5.75. The molecule has 2 N–H and O–H groups in total. The van der Waals surface area contributed by atoms with Gasteiger partial charge >= 0.3 is 6.03 Å². The van der Waals surface area contributed by atoms with Crippen molar-refractivity contribution in [3.05, 3.63) is 35.9 Å². The second-order valence-corrected chi connectivity index (χ2v) is 8.82. The minimum atomic E-state index is -0.923. The van der Waals surface area contributed by atoms with Gasteiger partial charge in [-0.25, -0.2) is 4.79 Å². The van der Waals surface area contributed by atoms with Crippen LogP contribution in [0.25, 0.3) is 0 Å². The number of nitrogens with one attached hydrogen (secondary N) is 1. The first-order chi connectivity index (χ1) is 13.1. The number of aliphatic hydroxyl groups is 1. The van der Waals surface area contributed by atoms with Gasteiger partial charge in [0.05, 0.1) is 12.1 Å². The lowest BCUT2D eigenvalue weighted by molar-refractivity contribution is 0.0483. The van der Waals surface area contributed by atoms with E-state index in [1.807, 2.05) is 35.2 Å². The number of β-amino-alcohol motifs (C(OH)–C–C–N with tert-alkyl or cyclic N) is 1. The Bertz CT molecular complexity index is 638. The molecule has 0 bridgehead atoms. The van der Waals surface area contributed by atoms with Gasteiger partial charge in [0.2, 0.25) is 0 Å². The molecule has 2 saturated heterocycles. The highest BCUT2D eigenvalue weighted by Gasteiger charge is 2.42. The summed E-state index contributed by atoms with van der Waals surface area (Å²) in [6.07, 6.45) is 8.97. The van der Waals surface area contributed by atoms with Gasteiger partial charge in [0, 0.05) is 13.1 Å². The summed E-state index contributed by atoms with van der Waals surface area (Å²) in [6.45, 7) is 4.29. The minimum absolute atomic E-state index is 0.00273. The van der Waals surface area contributed by atoms with Gasteiger partial charge in [0.1, 0.15) is 5.60 Å². The molecular weight excluding hydrogens is 338 g/mol. The van der Waals surface area contributed by atoms with Crippen molar-refractivity contribution in [1.82, 2.24) is 15.1 Å². The SMILES string of the molecule is O=C(NC1(CN2CCCC2)CCCCC1)N1CC[C@](O)(c2ccccc2)C1. The number of hydrogen-bond donors (Lipinski definition) is 2. The van der Waals surface area contributed by atoms with E-state index < -0.39 is 5.60 Å². The summed E-state index contributed by atoms with van der Waals surface area (Å²) in [7, 11) is 0. The fourth-order valence-electron chi connectivity index (χ4n) is 5.18. The van der Waals surface area contributed by atoms with Crippen molar-refractivity contribution in [3.63, 3.8) is 0 Å². The fraction of sp³-hybridized carbons (Fsp3) is 0.682.